The molecule has 4 rings (SSSR count). The van der Waals surface area contributed by atoms with Gasteiger partial charge in [0.1, 0.15) is 6.10 Å². The van der Waals surface area contributed by atoms with Crippen LogP contribution in [-0.4, -0.2) is 29.1 Å². The van der Waals surface area contributed by atoms with Crippen LogP contribution in [0.1, 0.15) is 72.1 Å². The summed E-state index contributed by atoms with van der Waals surface area (Å²) in [6.45, 7) is 6.34. The fraction of sp³-hybridized carbons (Fsp3) is 0.818. The number of ether oxygens (including phenoxy) is 1. The molecule has 4 nitrogen and oxygen atoms in total. The quantitative estimate of drug-likeness (QED) is 0.761. The molecule has 7 unspecified atom stereocenters. The lowest BCUT2D eigenvalue weighted by atomic mass is 9.46. The van der Waals surface area contributed by atoms with Gasteiger partial charge in [-0.05, 0) is 67.8 Å². The second-order valence-electron chi connectivity index (χ2n) is 9.57. The molecule has 4 heteroatoms. The Morgan fingerprint density at radius 3 is 2.77 bits per heavy atom. The first kappa shape index (κ1) is 18.2. The highest BCUT2D eigenvalue weighted by Gasteiger charge is 2.62. The molecule has 0 heterocycles. The maximum Gasteiger partial charge on any atom is 0.305 e. The number of carbonyl (C=O) groups is 2. The highest BCUT2D eigenvalue weighted by Crippen LogP contribution is 2.65. The zero-order chi connectivity index (χ0) is 18.7. The Kier molecular flexibility index (Phi) is 4.33. The van der Waals surface area contributed by atoms with Crippen molar-refractivity contribution in [3.63, 3.8) is 0 Å². The molecule has 0 aromatic carbocycles. The smallest absolute Gasteiger partial charge is 0.305 e. The second kappa shape index (κ2) is 6.19. The standard InChI is InChI=1S/C22H32O4/c1-4-19(25)26-18-8-7-16-15-6-5-13-11-14(23)9-10-21(13,2)20(15)17(24)12-22(16,18)3/h11,15-18,20,24H,4-10,12H2,1-3H3. The Balaban J connectivity index is 1.64. The van der Waals surface area contributed by atoms with Crippen LogP contribution in [0.25, 0.3) is 0 Å². The van der Waals surface area contributed by atoms with Gasteiger partial charge in [0, 0.05) is 18.3 Å². The first-order valence-electron chi connectivity index (χ1n) is 10.4. The number of aliphatic hydroxyl groups excluding tert-OH is 1. The molecule has 1 N–H and O–H groups in total. The van der Waals surface area contributed by atoms with E-state index in [0.717, 1.165) is 32.1 Å². The van der Waals surface area contributed by atoms with E-state index in [-0.39, 0.29) is 40.7 Å². The summed E-state index contributed by atoms with van der Waals surface area (Å²) in [7, 11) is 0. The molecule has 4 aliphatic carbocycles. The van der Waals surface area contributed by atoms with Crippen molar-refractivity contribution in [1.29, 1.82) is 0 Å². The van der Waals surface area contributed by atoms with E-state index in [1.54, 1.807) is 0 Å². The largest absolute Gasteiger partial charge is 0.462 e. The van der Waals surface area contributed by atoms with Gasteiger partial charge in [-0.3, -0.25) is 9.59 Å². The van der Waals surface area contributed by atoms with Gasteiger partial charge in [0.05, 0.1) is 6.10 Å². The van der Waals surface area contributed by atoms with Crippen LogP contribution in [0.15, 0.2) is 11.6 Å². The van der Waals surface area contributed by atoms with E-state index in [0.29, 0.717) is 31.1 Å². The van der Waals surface area contributed by atoms with Gasteiger partial charge in [0.2, 0.25) is 0 Å². The van der Waals surface area contributed by atoms with Crippen LogP contribution in [0.2, 0.25) is 0 Å². The molecule has 0 spiro atoms. The Labute approximate surface area is 156 Å². The number of esters is 1. The molecule has 4 aliphatic rings. The molecular weight excluding hydrogens is 328 g/mol. The number of carbonyl (C=O) groups excluding carboxylic acids is 2. The van der Waals surface area contributed by atoms with E-state index in [4.69, 9.17) is 4.74 Å². The zero-order valence-corrected chi connectivity index (χ0v) is 16.3. The maximum atomic E-state index is 11.9. The molecule has 0 aromatic rings. The third kappa shape index (κ3) is 2.51. The van der Waals surface area contributed by atoms with Crippen LogP contribution < -0.4 is 0 Å². The second-order valence-corrected chi connectivity index (χ2v) is 9.57. The Bertz CT molecular complexity index is 653. The molecule has 3 fully saturated rings. The predicted octanol–water partition coefficient (Wildman–Crippen LogP) is 3.81. The molecule has 0 saturated heterocycles. The average molecular weight is 360 g/mol. The van der Waals surface area contributed by atoms with E-state index >= 15 is 0 Å². The monoisotopic (exact) mass is 360 g/mol. The highest BCUT2D eigenvalue weighted by molar-refractivity contribution is 5.91. The topological polar surface area (TPSA) is 63.6 Å². The first-order valence-corrected chi connectivity index (χ1v) is 10.4. The summed E-state index contributed by atoms with van der Waals surface area (Å²) in [6.07, 6.45) is 8.04. The molecule has 0 aliphatic heterocycles. The van der Waals surface area contributed by atoms with Gasteiger partial charge < -0.3 is 9.84 Å². The minimum atomic E-state index is -0.385. The SMILES string of the molecule is CCC(=O)OC1CCC2C3CCC4=CC(=O)CCC4(C)C3C(O)CC12C. The number of allylic oxidation sites excluding steroid dienone is 1. The normalized spacial score (nSPS) is 47.5. The van der Waals surface area contributed by atoms with Gasteiger partial charge in [-0.2, -0.15) is 0 Å². The van der Waals surface area contributed by atoms with Gasteiger partial charge >= 0.3 is 5.97 Å². The van der Waals surface area contributed by atoms with Crippen molar-refractivity contribution in [2.45, 2.75) is 84.3 Å². The van der Waals surface area contributed by atoms with E-state index in [1.807, 2.05) is 13.0 Å². The van der Waals surface area contributed by atoms with Gasteiger partial charge in [-0.25, -0.2) is 0 Å². The van der Waals surface area contributed by atoms with E-state index in [9.17, 15) is 14.7 Å². The Hall–Kier alpha value is -1.16. The summed E-state index contributed by atoms with van der Waals surface area (Å²) in [5, 5.41) is 11.2. The number of hydrogen-bond donors (Lipinski definition) is 1. The third-order valence-electron chi connectivity index (χ3n) is 8.37. The molecule has 3 saturated carbocycles. The lowest BCUT2D eigenvalue weighted by Crippen LogP contribution is -2.57. The average Bonchev–Trinajstić information content (AvgIpc) is 2.91. The highest BCUT2D eigenvalue weighted by atomic mass is 16.5. The zero-order valence-electron chi connectivity index (χ0n) is 16.3. The third-order valence-corrected chi connectivity index (χ3v) is 8.37. The summed E-state index contributed by atoms with van der Waals surface area (Å²) in [5.74, 6) is 1.32. The Morgan fingerprint density at radius 1 is 1.27 bits per heavy atom. The van der Waals surface area contributed by atoms with Crippen LogP contribution >= 0.6 is 0 Å². The van der Waals surface area contributed by atoms with Gasteiger partial charge in [-0.15, -0.1) is 0 Å². The van der Waals surface area contributed by atoms with Crippen molar-refractivity contribution in [3.8, 4) is 0 Å². The van der Waals surface area contributed by atoms with Crippen molar-refractivity contribution >= 4 is 11.8 Å². The first-order chi connectivity index (χ1) is 12.3. The minimum Gasteiger partial charge on any atom is -0.462 e. The summed E-state index contributed by atoms with van der Waals surface area (Å²) in [6, 6.07) is 0. The maximum absolute atomic E-state index is 11.9. The van der Waals surface area contributed by atoms with Gasteiger partial charge in [0.15, 0.2) is 5.78 Å². The lowest BCUT2D eigenvalue weighted by molar-refractivity contribution is -0.170. The van der Waals surface area contributed by atoms with Crippen LogP contribution in [-0.2, 0) is 14.3 Å². The van der Waals surface area contributed by atoms with Crippen molar-refractivity contribution in [2.75, 3.05) is 0 Å². The lowest BCUT2D eigenvalue weighted by Gasteiger charge is -2.59. The van der Waals surface area contributed by atoms with Gasteiger partial charge in [-0.1, -0.05) is 26.3 Å². The molecule has 26 heavy (non-hydrogen) atoms. The van der Waals surface area contributed by atoms with E-state index in [2.05, 4.69) is 13.8 Å². The number of aliphatic hydroxyl groups is 1. The molecule has 7 atom stereocenters. The summed E-state index contributed by atoms with van der Waals surface area (Å²) in [4.78, 5) is 23.8. The number of fused-ring (bicyclic) bond motifs is 5. The van der Waals surface area contributed by atoms with Crippen LogP contribution in [0, 0.1) is 28.6 Å². The summed E-state index contributed by atoms with van der Waals surface area (Å²) in [5.41, 5.74) is 1.10. The minimum absolute atomic E-state index is 0.0459. The summed E-state index contributed by atoms with van der Waals surface area (Å²) >= 11 is 0. The van der Waals surface area contributed by atoms with Crippen molar-refractivity contribution in [1.82, 2.24) is 0 Å². The van der Waals surface area contributed by atoms with E-state index in [1.165, 1.54) is 5.57 Å². The summed E-state index contributed by atoms with van der Waals surface area (Å²) < 4.78 is 5.80. The van der Waals surface area contributed by atoms with Crippen molar-refractivity contribution in [2.24, 2.45) is 28.6 Å². The number of ketones is 1. The molecule has 0 bridgehead atoms. The van der Waals surface area contributed by atoms with Crippen molar-refractivity contribution < 1.29 is 19.4 Å². The predicted molar refractivity (Wildman–Crippen MR) is 98.3 cm³/mol. The van der Waals surface area contributed by atoms with Crippen molar-refractivity contribution in [3.05, 3.63) is 11.6 Å². The Morgan fingerprint density at radius 2 is 2.04 bits per heavy atom. The van der Waals surface area contributed by atoms with Crippen LogP contribution in [0.4, 0.5) is 0 Å². The van der Waals surface area contributed by atoms with E-state index < -0.39 is 0 Å². The van der Waals surface area contributed by atoms with Crippen LogP contribution in [0.3, 0.4) is 0 Å². The van der Waals surface area contributed by atoms with Gasteiger partial charge in [0.25, 0.3) is 0 Å². The number of rotatable bonds is 2. The molecule has 0 radical (unpaired) electrons. The molecule has 0 amide bonds. The molecule has 144 valence electrons. The number of hydrogen-bond acceptors (Lipinski definition) is 4. The molecule has 0 aromatic heterocycles. The fourth-order valence-corrected chi connectivity index (χ4v) is 7.08. The van der Waals surface area contributed by atoms with Crippen LogP contribution in [0.5, 0.6) is 0 Å². The fourth-order valence-electron chi connectivity index (χ4n) is 7.08. The molecular formula is C22H32O4.